The number of piperazine rings is 1. The molecule has 1 aliphatic heterocycles. The molecule has 1 saturated heterocycles. The summed E-state index contributed by atoms with van der Waals surface area (Å²) in [4.78, 5) is 19.5. The Morgan fingerprint density at radius 2 is 1.97 bits per heavy atom. The fourth-order valence-corrected chi connectivity index (χ4v) is 4.11. The molecule has 0 bridgehead atoms. The zero-order chi connectivity index (χ0) is 21.0. The minimum Gasteiger partial charge on any atom is -0.496 e. The zero-order valence-corrected chi connectivity index (χ0v) is 17.6. The first-order valence-corrected chi connectivity index (χ1v) is 10.6. The first-order valence-electron chi connectivity index (χ1n) is 10.6. The number of imidazole rings is 1. The number of rotatable bonds is 6. The van der Waals surface area contributed by atoms with E-state index >= 15 is 0 Å². The lowest BCUT2D eigenvalue weighted by molar-refractivity contribution is 0.233. The van der Waals surface area contributed by atoms with E-state index < -0.39 is 0 Å². The van der Waals surface area contributed by atoms with Crippen LogP contribution < -0.4 is 10.1 Å². The number of nitrogens with zero attached hydrogens (tertiary/aromatic N) is 4. The minimum absolute atomic E-state index is 0.676. The van der Waals surface area contributed by atoms with E-state index in [1.807, 2.05) is 24.5 Å². The summed E-state index contributed by atoms with van der Waals surface area (Å²) in [6, 6.07) is 12.4. The van der Waals surface area contributed by atoms with Gasteiger partial charge in [0.05, 0.1) is 18.1 Å². The molecule has 0 unspecified atom stereocenters. The molecule has 0 amide bonds. The van der Waals surface area contributed by atoms with Gasteiger partial charge in [0.15, 0.2) is 0 Å². The number of H-pyrrole nitrogens is 1. The van der Waals surface area contributed by atoms with Gasteiger partial charge in [-0.2, -0.15) is 0 Å². The van der Waals surface area contributed by atoms with Crippen molar-refractivity contribution in [1.29, 1.82) is 0 Å². The molecule has 1 aromatic carbocycles. The van der Waals surface area contributed by atoms with Gasteiger partial charge in [-0.15, -0.1) is 0 Å². The maximum Gasteiger partial charge on any atom is 0.129 e. The second-order valence-electron chi connectivity index (χ2n) is 7.85. The lowest BCUT2D eigenvalue weighted by atomic mass is 10.1. The number of hydrogen-bond acceptors (Lipinski definition) is 6. The Morgan fingerprint density at radius 1 is 1.06 bits per heavy atom. The molecule has 7 nitrogen and oxygen atoms in total. The van der Waals surface area contributed by atoms with Crippen molar-refractivity contribution in [3.8, 4) is 16.9 Å². The molecule has 5 rings (SSSR count). The summed E-state index contributed by atoms with van der Waals surface area (Å²) in [5.74, 6) is 1.72. The third kappa shape index (κ3) is 4.42. The van der Waals surface area contributed by atoms with Gasteiger partial charge in [-0.25, -0.2) is 4.98 Å². The van der Waals surface area contributed by atoms with Gasteiger partial charge in [0.25, 0.3) is 0 Å². The first-order chi connectivity index (χ1) is 15.3. The zero-order valence-electron chi connectivity index (χ0n) is 17.6. The highest BCUT2D eigenvalue weighted by Crippen LogP contribution is 2.30. The Labute approximate surface area is 181 Å². The van der Waals surface area contributed by atoms with Crippen LogP contribution in [-0.4, -0.2) is 58.1 Å². The molecule has 4 aromatic rings. The Hall–Kier alpha value is -3.29. The lowest BCUT2D eigenvalue weighted by Gasteiger charge is -2.27. The van der Waals surface area contributed by atoms with Crippen LogP contribution in [0.5, 0.6) is 5.75 Å². The third-order valence-corrected chi connectivity index (χ3v) is 5.69. The summed E-state index contributed by atoms with van der Waals surface area (Å²) in [7, 11) is 1.68. The largest absolute Gasteiger partial charge is 0.496 e. The fourth-order valence-electron chi connectivity index (χ4n) is 4.11. The van der Waals surface area contributed by atoms with E-state index in [2.05, 4.69) is 49.4 Å². The van der Waals surface area contributed by atoms with Gasteiger partial charge >= 0.3 is 0 Å². The van der Waals surface area contributed by atoms with E-state index in [4.69, 9.17) is 9.72 Å². The molecule has 1 fully saturated rings. The molecule has 2 N–H and O–H groups in total. The Morgan fingerprint density at radius 3 is 2.84 bits per heavy atom. The normalized spacial score (nSPS) is 14.7. The number of nitrogens with one attached hydrogen (secondary N) is 2. The van der Waals surface area contributed by atoms with E-state index in [1.54, 1.807) is 13.3 Å². The van der Waals surface area contributed by atoms with Crippen molar-refractivity contribution < 1.29 is 4.74 Å². The number of hydrogen-bond donors (Lipinski definition) is 2. The summed E-state index contributed by atoms with van der Waals surface area (Å²) in [5.41, 5.74) is 6.28. The van der Waals surface area contributed by atoms with Crippen molar-refractivity contribution in [2.75, 3.05) is 33.3 Å². The lowest BCUT2D eigenvalue weighted by Crippen LogP contribution is -2.42. The minimum atomic E-state index is 0.676. The standard InChI is InChI=1S/C24H26N6O/c1-31-23-5-6-26-15-20(23)18-2-3-21-22(13-18)29-24(28-21)14-19-12-17(4-7-27-19)16-30-10-8-25-9-11-30/h2-7,12-13,15,25H,8-11,14,16H2,1H3,(H,28,29). The van der Waals surface area contributed by atoms with Crippen molar-refractivity contribution >= 4 is 11.0 Å². The van der Waals surface area contributed by atoms with Crippen LogP contribution in [0.2, 0.25) is 0 Å². The molecule has 158 valence electrons. The van der Waals surface area contributed by atoms with Crippen LogP contribution in [0.4, 0.5) is 0 Å². The molecular weight excluding hydrogens is 388 g/mol. The molecule has 0 aliphatic carbocycles. The van der Waals surface area contributed by atoms with Crippen LogP contribution >= 0.6 is 0 Å². The number of methoxy groups -OCH3 is 1. The molecule has 31 heavy (non-hydrogen) atoms. The van der Waals surface area contributed by atoms with Gasteiger partial charge in [0.2, 0.25) is 0 Å². The van der Waals surface area contributed by atoms with Crippen molar-refractivity contribution in [2.45, 2.75) is 13.0 Å². The summed E-state index contributed by atoms with van der Waals surface area (Å²) in [5, 5.41) is 3.40. The number of aromatic nitrogens is 4. The van der Waals surface area contributed by atoms with Crippen LogP contribution in [0, 0.1) is 0 Å². The highest BCUT2D eigenvalue weighted by atomic mass is 16.5. The average Bonchev–Trinajstić information content (AvgIpc) is 3.21. The van der Waals surface area contributed by atoms with Crippen molar-refractivity contribution in [1.82, 2.24) is 30.2 Å². The van der Waals surface area contributed by atoms with Gasteiger partial charge in [-0.3, -0.25) is 14.9 Å². The first kappa shape index (κ1) is 19.7. The van der Waals surface area contributed by atoms with Crippen molar-refractivity contribution in [3.63, 3.8) is 0 Å². The number of aromatic amines is 1. The van der Waals surface area contributed by atoms with Crippen LogP contribution in [0.15, 0.2) is 55.0 Å². The Balaban J connectivity index is 1.36. The van der Waals surface area contributed by atoms with Crippen LogP contribution in [-0.2, 0) is 13.0 Å². The SMILES string of the molecule is COc1ccncc1-c1ccc2nc(Cc3cc(CN4CCNCC4)ccn3)[nH]c2c1. The van der Waals surface area contributed by atoms with Gasteiger partial charge < -0.3 is 15.0 Å². The van der Waals surface area contributed by atoms with E-state index in [1.165, 1.54) is 5.56 Å². The van der Waals surface area contributed by atoms with Crippen LogP contribution in [0.25, 0.3) is 22.2 Å². The summed E-state index contributed by atoms with van der Waals surface area (Å²) in [6.07, 6.45) is 6.14. The monoisotopic (exact) mass is 414 g/mol. The molecule has 1 aliphatic rings. The quantitative estimate of drug-likeness (QED) is 0.505. The van der Waals surface area contributed by atoms with Gasteiger partial charge in [0.1, 0.15) is 11.6 Å². The van der Waals surface area contributed by atoms with E-state index in [0.29, 0.717) is 6.42 Å². The van der Waals surface area contributed by atoms with Gasteiger partial charge in [-0.1, -0.05) is 6.07 Å². The predicted molar refractivity (Wildman–Crippen MR) is 121 cm³/mol. The number of benzene rings is 1. The summed E-state index contributed by atoms with van der Waals surface area (Å²) >= 11 is 0. The molecule has 0 spiro atoms. The topological polar surface area (TPSA) is 79.0 Å². The third-order valence-electron chi connectivity index (χ3n) is 5.69. The average molecular weight is 415 g/mol. The summed E-state index contributed by atoms with van der Waals surface area (Å²) in [6.45, 7) is 5.26. The molecule has 0 radical (unpaired) electrons. The van der Waals surface area contributed by atoms with E-state index in [0.717, 1.165) is 72.2 Å². The van der Waals surface area contributed by atoms with Gasteiger partial charge in [0, 0.05) is 69.0 Å². The fraction of sp³-hybridized carbons (Fsp3) is 0.292. The second-order valence-corrected chi connectivity index (χ2v) is 7.85. The van der Waals surface area contributed by atoms with Crippen molar-refractivity contribution in [2.24, 2.45) is 0 Å². The second kappa shape index (κ2) is 8.83. The van der Waals surface area contributed by atoms with E-state index in [9.17, 15) is 0 Å². The molecule has 3 aromatic heterocycles. The molecule has 7 heteroatoms. The summed E-state index contributed by atoms with van der Waals surface area (Å²) < 4.78 is 5.48. The van der Waals surface area contributed by atoms with Crippen LogP contribution in [0.3, 0.4) is 0 Å². The highest BCUT2D eigenvalue weighted by Gasteiger charge is 2.12. The smallest absolute Gasteiger partial charge is 0.129 e. The van der Waals surface area contributed by atoms with Gasteiger partial charge in [-0.05, 0) is 41.5 Å². The maximum absolute atomic E-state index is 5.48. The molecule has 0 atom stereocenters. The predicted octanol–water partition coefficient (Wildman–Crippen LogP) is 3.02. The molecular formula is C24H26N6O. The molecule has 4 heterocycles. The highest BCUT2D eigenvalue weighted by molar-refractivity contribution is 5.83. The number of ether oxygens (including phenoxy) is 1. The maximum atomic E-state index is 5.48. The Kier molecular flexibility index (Phi) is 5.60. The van der Waals surface area contributed by atoms with Crippen LogP contribution in [0.1, 0.15) is 17.1 Å². The molecule has 0 saturated carbocycles. The number of fused-ring (bicyclic) bond motifs is 1. The van der Waals surface area contributed by atoms with Crippen molar-refractivity contribution in [3.05, 3.63) is 72.1 Å². The van der Waals surface area contributed by atoms with E-state index in [-0.39, 0.29) is 0 Å². The Bertz CT molecular complexity index is 1180. The number of pyridine rings is 2.